The number of rotatable bonds is 0. The number of hydrogen-bond acceptors (Lipinski definition) is 3. The first kappa shape index (κ1) is 6.97. The average Bonchev–Trinajstić information content (AvgIpc) is 2.30. The highest BCUT2D eigenvalue weighted by molar-refractivity contribution is 8.01. The molecule has 1 fully saturated rings. The van der Waals surface area contributed by atoms with Crippen molar-refractivity contribution >= 4 is 21.9 Å². The predicted octanol–water partition coefficient (Wildman–Crippen LogP) is -0.663. The summed E-state index contributed by atoms with van der Waals surface area (Å²) in [5.74, 6) is 0.0977. The fraction of sp³-hybridized carbons (Fsp3) is 0.667. The van der Waals surface area contributed by atoms with Crippen molar-refractivity contribution in [1.82, 2.24) is 4.90 Å². The largest absolute Gasteiger partial charge is 0.289 e. The van der Waals surface area contributed by atoms with Crippen LogP contribution in [0.1, 0.15) is 6.42 Å². The van der Waals surface area contributed by atoms with Gasteiger partial charge in [-0.3, -0.25) is 18.9 Å². The van der Waals surface area contributed by atoms with E-state index >= 15 is 0 Å². The minimum atomic E-state index is -1.14. The first-order valence-electron chi connectivity index (χ1n) is 3.52. The summed E-state index contributed by atoms with van der Waals surface area (Å²) >= 11 is 0. The zero-order valence-electron chi connectivity index (χ0n) is 5.95. The van der Waals surface area contributed by atoms with Crippen LogP contribution in [-0.2, 0) is 15.6 Å². The van der Waals surface area contributed by atoms with Crippen molar-refractivity contribution in [3.05, 3.63) is 0 Å². The Hall–Kier alpha value is -0.710. The van der Waals surface area contributed by atoms with Crippen LogP contribution >= 0.6 is 0 Å². The van der Waals surface area contributed by atoms with E-state index in [1.54, 1.807) is 4.90 Å². The van der Waals surface area contributed by atoms with Gasteiger partial charge in [0, 0.05) is 13.1 Å². The molecule has 0 aromatic carbocycles. The van der Waals surface area contributed by atoms with Gasteiger partial charge in [0.05, 0.1) is 10.8 Å². The predicted molar refractivity (Wildman–Crippen MR) is 41.6 cm³/mol. The summed E-state index contributed by atoms with van der Waals surface area (Å²) in [4.78, 5) is 16.7. The van der Waals surface area contributed by atoms with E-state index in [4.69, 9.17) is 0 Å². The molecule has 2 aliphatic rings. The molecule has 0 aliphatic carbocycles. The van der Waals surface area contributed by atoms with Gasteiger partial charge in [-0.1, -0.05) is 0 Å². The van der Waals surface area contributed by atoms with Gasteiger partial charge in [0.2, 0.25) is 5.91 Å². The molecule has 0 aromatic rings. The highest BCUT2D eigenvalue weighted by Gasteiger charge is 2.34. The van der Waals surface area contributed by atoms with E-state index in [0.29, 0.717) is 18.3 Å². The van der Waals surface area contributed by atoms with E-state index in [1.165, 1.54) is 0 Å². The fourth-order valence-corrected chi connectivity index (χ4v) is 2.45. The van der Waals surface area contributed by atoms with Crippen molar-refractivity contribution < 1.29 is 9.00 Å². The summed E-state index contributed by atoms with van der Waals surface area (Å²) < 4.78 is 11.1. The number of nitrogens with zero attached hydrogens (tertiary/aromatic N) is 2. The molecule has 2 heterocycles. The molecule has 1 saturated heterocycles. The normalized spacial score (nSPS) is 30.2. The van der Waals surface area contributed by atoms with Crippen molar-refractivity contribution in [2.24, 2.45) is 4.99 Å². The summed E-state index contributed by atoms with van der Waals surface area (Å²) in [5, 5.41) is 0.501. The van der Waals surface area contributed by atoms with Gasteiger partial charge in [-0.15, -0.1) is 0 Å². The Balaban J connectivity index is 2.36. The third-order valence-corrected chi connectivity index (χ3v) is 3.04. The van der Waals surface area contributed by atoms with Crippen molar-refractivity contribution in [2.75, 3.05) is 18.8 Å². The lowest BCUT2D eigenvalue weighted by Gasteiger charge is -2.18. The lowest BCUT2D eigenvalue weighted by atomic mass is 10.3. The van der Waals surface area contributed by atoms with Crippen LogP contribution < -0.4 is 0 Å². The van der Waals surface area contributed by atoms with Crippen LogP contribution in [0.15, 0.2) is 4.99 Å². The zero-order chi connectivity index (χ0) is 7.84. The Labute approximate surface area is 66.7 Å². The smallest absolute Gasteiger partial charge is 0.241 e. The fourth-order valence-electron chi connectivity index (χ4n) is 1.27. The molecule has 0 aromatic heterocycles. The number of fused-ring (bicyclic) bond motifs is 1. The quantitative estimate of drug-likeness (QED) is 0.487. The Morgan fingerprint density at radius 2 is 2.36 bits per heavy atom. The summed E-state index contributed by atoms with van der Waals surface area (Å²) in [6.07, 6.45) is 0.895. The van der Waals surface area contributed by atoms with Gasteiger partial charge < -0.3 is 0 Å². The maximum atomic E-state index is 11.1. The minimum absolute atomic E-state index is 0.0400. The molecule has 2 rings (SSSR count). The summed E-state index contributed by atoms with van der Waals surface area (Å²) in [7, 11) is -1.14. The van der Waals surface area contributed by atoms with E-state index in [1.807, 2.05) is 0 Å². The van der Waals surface area contributed by atoms with Gasteiger partial charge in [0.15, 0.2) is 5.17 Å². The molecule has 4 nitrogen and oxygen atoms in total. The molecule has 0 N–H and O–H groups in total. The number of amidine groups is 1. The monoisotopic (exact) mass is 172 g/mol. The lowest BCUT2D eigenvalue weighted by Crippen LogP contribution is -2.34. The third-order valence-electron chi connectivity index (χ3n) is 1.78. The number of hydrogen-bond donors (Lipinski definition) is 0. The van der Waals surface area contributed by atoms with Crippen LogP contribution in [0.4, 0.5) is 0 Å². The SMILES string of the molecule is O=C1CS(=O)C2=NCCCN12. The third kappa shape index (κ3) is 0.994. The van der Waals surface area contributed by atoms with E-state index < -0.39 is 10.8 Å². The van der Waals surface area contributed by atoms with Crippen molar-refractivity contribution in [3.63, 3.8) is 0 Å². The molecule has 2 aliphatic heterocycles. The van der Waals surface area contributed by atoms with Crippen molar-refractivity contribution in [3.8, 4) is 0 Å². The van der Waals surface area contributed by atoms with Gasteiger partial charge in [-0.25, -0.2) is 0 Å². The first-order chi connectivity index (χ1) is 5.29. The van der Waals surface area contributed by atoms with E-state index in [-0.39, 0.29) is 11.7 Å². The lowest BCUT2D eigenvalue weighted by molar-refractivity contribution is -0.124. The molecule has 11 heavy (non-hydrogen) atoms. The number of carbonyl (C=O) groups is 1. The van der Waals surface area contributed by atoms with Crippen LogP contribution in [0.2, 0.25) is 0 Å². The number of amides is 1. The molecule has 1 amide bonds. The Morgan fingerprint density at radius 1 is 1.55 bits per heavy atom. The van der Waals surface area contributed by atoms with Crippen molar-refractivity contribution in [1.29, 1.82) is 0 Å². The Bertz CT molecular complexity index is 261. The molecule has 0 saturated carbocycles. The summed E-state index contributed by atoms with van der Waals surface area (Å²) in [6.45, 7) is 1.41. The number of aliphatic imine (C=N–C) groups is 1. The maximum absolute atomic E-state index is 11.1. The second kappa shape index (κ2) is 2.41. The van der Waals surface area contributed by atoms with E-state index in [9.17, 15) is 9.00 Å². The molecule has 60 valence electrons. The van der Waals surface area contributed by atoms with Crippen LogP contribution in [0, 0.1) is 0 Å². The molecule has 0 bridgehead atoms. The molecule has 1 unspecified atom stereocenters. The van der Waals surface area contributed by atoms with Gasteiger partial charge in [0.25, 0.3) is 0 Å². The molecule has 1 atom stereocenters. The Kier molecular flexibility index (Phi) is 1.52. The molecule has 0 spiro atoms. The van der Waals surface area contributed by atoms with Crippen molar-refractivity contribution in [2.45, 2.75) is 6.42 Å². The topological polar surface area (TPSA) is 49.7 Å². The average molecular weight is 172 g/mol. The van der Waals surface area contributed by atoms with Crippen LogP contribution in [0.3, 0.4) is 0 Å². The van der Waals surface area contributed by atoms with Crippen LogP contribution in [-0.4, -0.2) is 39.0 Å². The van der Waals surface area contributed by atoms with Gasteiger partial charge in [-0.2, -0.15) is 0 Å². The maximum Gasteiger partial charge on any atom is 0.241 e. The highest BCUT2D eigenvalue weighted by atomic mass is 32.2. The minimum Gasteiger partial charge on any atom is -0.289 e. The Morgan fingerprint density at radius 3 is 3.09 bits per heavy atom. The zero-order valence-corrected chi connectivity index (χ0v) is 6.76. The summed E-state index contributed by atoms with van der Waals surface area (Å²) in [5.41, 5.74) is 0. The van der Waals surface area contributed by atoms with Gasteiger partial charge in [0.1, 0.15) is 5.75 Å². The first-order valence-corrected chi connectivity index (χ1v) is 4.84. The summed E-state index contributed by atoms with van der Waals surface area (Å²) in [6, 6.07) is 0. The second-order valence-corrected chi connectivity index (χ2v) is 3.90. The highest BCUT2D eigenvalue weighted by Crippen LogP contribution is 2.13. The molecule has 5 heteroatoms. The second-order valence-electron chi connectivity index (χ2n) is 2.55. The van der Waals surface area contributed by atoms with E-state index in [2.05, 4.69) is 4.99 Å². The van der Waals surface area contributed by atoms with Crippen LogP contribution in [0.5, 0.6) is 0 Å². The van der Waals surface area contributed by atoms with E-state index in [0.717, 1.165) is 6.42 Å². The van der Waals surface area contributed by atoms with Gasteiger partial charge >= 0.3 is 0 Å². The van der Waals surface area contributed by atoms with Gasteiger partial charge in [-0.05, 0) is 6.42 Å². The number of carbonyl (C=O) groups excluding carboxylic acids is 1. The molecular formula is C6H8N2O2S. The van der Waals surface area contributed by atoms with Crippen LogP contribution in [0.25, 0.3) is 0 Å². The molecule has 0 radical (unpaired) electrons. The molecular weight excluding hydrogens is 164 g/mol. The standard InChI is InChI=1S/C6H8N2O2S/c9-5-4-11(10)6-7-2-1-3-8(5)6/h1-4H2.